The quantitative estimate of drug-likeness (QED) is 0.551. The first-order chi connectivity index (χ1) is 14.5. The van der Waals surface area contributed by atoms with Crippen molar-refractivity contribution in [2.75, 3.05) is 19.5 Å². The summed E-state index contributed by atoms with van der Waals surface area (Å²) in [5, 5.41) is 2.74. The molecule has 0 aliphatic carbocycles. The Morgan fingerprint density at radius 1 is 1.10 bits per heavy atom. The van der Waals surface area contributed by atoms with Gasteiger partial charge in [-0.05, 0) is 30.7 Å². The lowest BCUT2D eigenvalue weighted by molar-refractivity contribution is -0.124. The summed E-state index contributed by atoms with van der Waals surface area (Å²) >= 11 is 0. The summed E-state index contributed by atoms with van der Waals surface area (Å²) in [6.45, 7) is 1.76. The maximum Gasteiger partial charge on any atom is 0.338 e. The Morgan fingerprint density at radius 2 is 1.87 bits per heavy atom. The van der Waals surface area contributed by atoms with Gasteiger partial charge in [-0.2, -0.15) is 0 Å². The smallest absolute Gasteiger partial charge is 0.338 e. The molecule has 3 rings (SSSR count). The molecule has 1 unspecified atom stereocenters. The molecule has 0 spiro atoms. The molecule has 0 radical (unpaired) electrons. The number of imidazole rings is 1. The van der Waals surface area contributed by atoms with Gasteiger partial charge in [0.1, 0.15) is 17.3 Å². The number of H-pyrrole nitrogens is 1. The zero-order valence-electron chi connectivity index (χ0n) is 17.0. The summed E-state index contributed by atoms with van der Waals surface area (Å²) in [6, 6.07) is 11.8. The molecule has 8 heteroatoms. The number of carbonyl (C=O) groups is 2. The number of esters is 1. The number of methoxy groups -OCH3 is 2. The molecule has 1 amide bonds. The number of nitrogens with zero attached hydrogens (tertiary/aromatic N) is 1. The third-order valence-electron chi connectivity index (χ3n) is 4.47. The van der Waals surface area contributed by atoms with E-state index in [0.29, 0.717) is 35.0 Å². The summed E-state index contributed by atoms with van der Waals surface area (Å²) in [7, 11) is 3.03. The second-order valence-corrected chi connectivity index (χ2v) is 6.37. The van der Waals surface area contributed by atoms with Crippen LogP contribution < -0.4 is 14.8 Å². The van der Waals surface area contributed by atoms with E-state index in [1.165, 1.54) is 14.2 Å². The van der Waals surface area contributed by atoms with Gasteiger partial charge in [0.15, 0.2) is 6.10 Å². The zero-order valence-corrected chi connectivity index (χ0v) is 17.0. The Bertz CT molecular complexity index is 1000. The van der Waals surface area contributed by atoms with Crippen LogP contribution in [0.4, 0.5) is 5.69 Å². The number of benzene rings is 2. The Labute approximate surface area is 174 Å². The molecule has 0 aliphatic rings. The fourth-order valence-corrected chi connectivity index (χ4v) is 2.83. The largest absolute Gasteiger partial charge is 0.497 e. The third-order valence-corrected chi connectivity index (χ3v) is 4.47. The molecule has 1 heterocycles. The minimum Gasteiger partial charge on any atom is -0.497 e. The van der Waals surface area contributed by atoms with Gasteiger partial charge in [-0.15, -0.1) is 0 Å². The number of nitrogens with one attached hydrogen (secondary N) is 2. The standard InChI is InChI=1S/C22H23N3O5/c1-4-18(21(26)25-17-13-16(28-2)9-10-19(17)29-3)30-22(27)15-7-5-14(6-8-15)20-23-11-12-24-20/h5-13,18H,4H2,1-3H3,(H,23,24)(H,25,26). The fourth-order valence-electron chi connectivity index (χ4n) is 2.83. The number of anilines is 1. The van der Waals surface area contributed by atoms with Crippen LogP contribution in [0.1, 0.15) is 23.7 Å². The van der Waals surface area contributed by atoms with Crippen molar-refractivity contribution in [1.29, 1.82) is 0 Å². The maximum atomic E-state index is 12.7. The average Bonchev–Trinajstić information content (AvgIpc) is 3.32. The van der Waals surface area contributed by atoms with E-state index in [9.17, 15) is 9.59 Å². The van der Waals surface area contributed by atoms with Gasteiger partial charge in [0, 0.05) is 24.0 Å². The fraction of sp³-hybridized carbons (Fsp3) is 0.227. The SMILES string of the molecule is CCC(OC(=O)c1ccc(-c2ncc[nH]2)cc1)C(=O)Nc1cc(OC)ccc1OC. The molecule has 2 N–H and O–H groups in total. The summed E-state index contributed by atoms with van der Waals surface area (Å²) in [4.78, 5) is 32.4. The van der Waals surface area contributed by atoms with E-state index in [4.69, 9.17) is 14.2 Å². The van der Waals surface area contributed by atoms with Crippen LogP contribution in [0, 0.1) is 0 Å². The van der Waals surface area contributed by atoms with E-state index in [0.717, 1.165) is 5.56 Å². The highest BCUT2D eigenvalue weighted by molar-refractivity contribution is 5.98. The van der Waals surface area contributed by atoms with Gasteiger partial charge in [-0.3, -0.25) is 4.79 Å². The summed E-state index contributed by atoms with van der Waals surface area (Å²) in [5.74, 6) is 0.699. The number of aromatic amines is 1. The molecule has 156 valence electrons. The molecular formula is C22H23N3O5. The highest BCUT2D eigenvalue weighted by Gasteiger charge is 2.23. The number of aromatic nitrogens is 2. The summed E-state index contributed by atoms with van der Waals surface area (Å²) < 4.78 is 15.9. The van der Waals surface area contributed by atoms with Crippen LogP contribution >= 0.6 is 0 Å². The Morgan fingerprint density at radius 3 is 2.47 bits per heavy atom. The van der Waals surface area contributed by atoms with Crippen molar-refractivity contribution in [3.05, 3.63) is 60.4 Å². The molecule has 0 saturated heterocycles. The van der Waals surface area contributed by atoms with Gasteiger partial charge in [-0.1, -0.05) is 19.1 Å². The first-order valence-electron chi connectivity index (χ1n) is 9.39. The van der Waals surface area contributed by atoms with Crippen LogP contribution in [-0.4, -0.2) is 42.2 Å². The van der Waals surface area contributed by atoms with Crippen LogP contribution in [0.3, 0.4) is 0 Å². The van der Waals surface area contributed by atoms with Crippen molar-refractivity contribution in [2.45, 2.75) is 19.4 Å². The first kappa shape index (κ1) is 20.9. The Balaban J connectivity index is 1.68. The van der Waals surface area contributed by atoms with Gasteiger partial charge in [0.2, 0.25) is 0 Å². The normalized spacial score (nSPS) is 11.4. The number of amides is 1. The van der Waals surface area contributed by atoms with E-state index < -0.39 is 18.0 Å². The van der Waals surface area contributed by atoms with Crippen LogP contribution in [0.5, 0.6) is 11.5 Å². The van der Waals surface area contributed by atoms with E-state index in [2.05, 4.69) is 15.3 Å². The van der Waals surface area contributed by atoms with Crippen molar-refractivity contribution in [2.24, 2.45) is 0 Å². The van der Waals surface area contributed by atoms with Crippen LogP contribution in [0.2, 0.25) is 0 Å². The predicted octanol–water partition coefficient (Wildman–Crippen LogP) is 3.67. The molecule has 3 aromatic rings. The molecular weight excluding hydrogens is 386 g/mol. The monoisotopic (exact) mass is 409 g/mol. The zero-order chi connectivity index (χ0) is 21.5. The highest BCUT2D eigenvalue weighted by atomic mass is 16.5. The summed E-state index contributed by atoms with van der Waals surface area (Å²) in [6.07, 6.45) is 2.73. The lowest BCUT2D eigenvalue weighted by Crippen LogP contribution is -2.32. The predicted molar refractivity (Wildman–Crippen MR) is 112 cm³/mol. The molecule has 1 atom stereocenters. The maximum absolute atomic E-state index is 12.7. The number of carbonyl (C=O) groups excluding carboxylic acids is 2. The van der Waals surface area contributed by atoms with Gasteiger partial charge >= 0.3 is 5.97 Å². The van der Waals surface area contributed by atoms with E-state index in [1.807, 2.05) is 0 Å². The number of rotatable bonds is 8. The van der Waals surface area contributed by atoms with E-state index in [1.54, 1.807) is 61.8 Å². The van der Waals surface area contributed by atoms with Crippen LogP contribution in [0.15, 0.2) is 54.9 Å². The lowest BCUT2D eigenvalue weighted by atomic mass is 10.1. The highest BCUT2D eigenvalue weighted by Crippen LogP contribution is 2.29. The molecule has 0 fully saturated rings. The second-order valence-electron chi connectivity index (χ2n) is 6.37. The van der Waals surface area contributed by atoms with Crippen molar-refractivity contribution in [3.63, 3.8) is 0 Å². The van der Waals surface area contributed by atoms with Crippen molar-refractivity contribution in [3.8, 4) is 22.9 Å². The van der Waals surface area contributed by atoms with E-state index >= 15 is 0 Å². The minimum absolute atomic E-state index is 0.314. The molecule has 8 nitrogen and oxygen atoms in total. The topological polar surface area (TPSA) is 103 Å². The number of hydrogen-bond acceptors (Lipinski definition) is 6. The van der Waals surface area contributed by atoms with E-state index in [-0.39, 0.29) is 0 Å². The first-order valence-corrected chi connectivity index (χ1v) is 9.39. The Kier molecular flexibility index (Phi) is 6.69. The molecule has 0 bridgehead atoms. The Hall–Kier alpha value is -3.81. The van der Waals surface area contributed by atoms with Gasteiger partial charge < -0.3 is 24.5 Å². The average molecular weight is 409 g/mol. The molecule has 30 heavy (non-hydrogen) atoms. The van der Waals surface area contributed by atoms with Crippen molar-refractivity contribution >= 4 is 17.6 Å². The van der Waals surface area contributed by atoms with Gasteiger partial charge in [0.05, 0.1) is 25.5 Å². The van der Waals surface area contributed by atoms with Crippen molar-refractivity contribution in [1.82, 2.24) is 9.97 Å². The number of ether oxygens (including phenoxy) is 3. The second kappa shape index (κ2) is 9.60. The van der Waals surface area contributed by atoms with Gasteiger partial charge in [0.25, 0.3) is 5.91 Å². The van der Waals surface area contributed by atoms with Crippen LogP contribution in [0.25, 0.3) is 11.4 Å². The molecule has 0 saturated carbocycles. The van der Waals surface area contributed by atoms with Crippen LogP contribution in [-0.2, 0) is 9.53 Å². The lowest BCUT2D eigenvalue weighted by Gasteiger charge is -2.18. The third kappa shape index (κ3) is 4.78. The molecule has 1 aromatic heterocycles. The molecule has 2 aromatic carbocycles. The summed E-state index contributed by atoms with van der Waals surface area (Å²) in [5.41, 5.74) is 1.61. The molecule has 0 aliphatic heterocycles. The van der Waals surface area contributed by atoms with Crippen molar-refractivity contribution < 1.29 is 23.8 Å². The number of hydrogen-bond donors (Lipinski definition) is 2. The van der Waals surface area contributed by atoms with Gasteiger partial charge in [-0.25, -0.2) is 9.78 Å². The minimum atomic E-state index is -0.960.